The summed E-state index contributed by atoms with van der Waals surface area (Å²) < 4.78 is 23.0. The quantitative estimate of drug-likeness (QED) is 0.101. The molecule has 0 saturated carbocycles. The molecule has 5 heterocycles. The standard InChI is InChI=1S/C33H41N11O8/c1-6-35-29(47)25-23(45)24(46)31(52-25)44-16-37-21-26(34)39-32(40-27(21)44)36-13-14-51-18-11-9-17(15-19(18)50-5)10-12-20-38-28-22(41(20)4)30(48)43(8-3)33(49)42(28)7-2/h9-12,15-16,23-25,31,45-46H,6-8,13-14H2,1-5H3,(H,35,47)(H3,34,36,39,40)/b12-10+/t23-,24?,25?,31+/m0/s1. The number of imidazole rings is 2. The topological polar surface area (TPSA) is 241 Å². The molecule has 0 spiro atoms. The molecule has 0 bridgehead atoms. The molecule has 5 aromatic rings. The number of hydrogen-bond acceptors (Lipinski definition) is 14. The summed E-state index contributed by atoms with van der Waals surface area (Å²) >= 11 is 0. The van der Waals surface area contributed by atoms with Crippen LogP contribution in [0.15, 0.2) is 34.1 Å². The van der Waals surface area contributed by atoms with Gasteiger partial charge in [-0.1, -0.05) is 12.1 Å². The van der Waals surface area contributed by atoms with E-state index in [2.05, 4.69) is 30.6 Å². The minimum atomic E-state index is -1.46. The van der Waals surface area contributed by atoms with Gasteiger partial charge in [0.05, 0.1) is 20.0 Å². The number of aliphatic hydroxyl groups is 2. The second-order valence-corrected chi connectivity index (χ2v) is 11.9. The van der Waals surface area contributed by atoms with Crippen LogP contribution in [0.2, 0.25) is 0 Å². The average Bonchev–Trinajstić information content (AvgIpc) is 3.79. The van der Waals surface area contributed by atoms with Crippen LogP contribution in [0.3, 0.4) is 0 Å². The number of methoxy groups -OCH3 is 1. The molecule has 1 aromatic carbocycles. The second-order valence-electron chi connectivity index (χ2n) is 11.9. The number of aliphatic hydroxyl groups excluding tert-OH is 2. The van der Waals surface area contributed by atoms with Gasteiger partial charge in [-0.05, 0) is 44.5 Å². The summed E-state index contributed by atoms with van der Waals surface area (Å²) in [6, 6.07) is 5.39. The first kappa shape index (κ1) is 36.0. The number of nitrogens with one attached hydrogen (secondary N) is 2. The first-order chi connectivity index (χ1) is 25.0. The van der Waals surface area contributed by atoms with Gasteiger partial charge in [-0.2, -0.15) is 9.97 Å². The van der Waals surface area contributed by atoms with Gasteiger partial charge in [0.2, 0.25) is 5.95 Å². The number of nitrogen functional groups attached to an aromatic ring is 1. The summed E-state index contributed by atoms with van der Waals surface area (Å²) in [6.07, 6.45) is -0.391. The Morgan fingerprint density at radius 3 is 2.52 bits per heavy atom. The van der Waals surface area contributed by atoms with E-state index in [1.807, 2.05) is 19.1 Å². The minimum Gasteiger partial charge on any atom is -0.493 e. The molecular weight excluding hydrogens is 678 g/mol. The molecule has 1 fully saturated rings. The fourth-order valence-electron chi connectivity index (χ4n) is 6.08. The normalized spacial score (nSPS) is 18.8. The van der Waals surface area contributed by atoms with Crippen molar-refractivity contribution in [1.29, 1.82) is 0 Å². The Morgan fingerprint density at radius 2 is 1.81 bits per heavy atom. The zero-order chi connectivity index (χ0) is 37.3. The highest BCUT2D eigenvalue weighted by molar-refractivity contribution is 5.84. The molecule has 19 nitrogen and oxygen atoms in total. The number of aryl methyl sites for hydroxylation is 2. The fourth-order valence-corrected chi connectivity index (χ4v) is 6.08. The van der Waals surface area contributed by atoms with Gasteiger partial charge in [0, 0.05) is 26.7 Å². The van der Waals surface area contributed by atoms with E-state index in [9.17, 15) is 24.6 Å². The van der Waals surface area contributed by atoms with E-state index in [-0.39, 0.29) is 53.9 Å². The first-order valence-electron chi connectivity index (χ1n) is 16.7. The maximum Gasteiger partial charge on any atom is 0.332 e. The number of benzene rings is 1. The van der Waals surface area contributed by atoms with Crippen LogP contribution < -0.4 is 37.1 Å². The molecule has 6 rings (SSSR count). The number of nitrogens with two attached hydrogens (primary N) is 1. The molecule has 276 valence electrons. The third-order valence-corrected chi connectivity index (χ3v) is 8.73. The Bertz CT molecular complexity index is 2270. The van der Waals surface area contributed by atoms with Crippen LogP contribution in [-0.4, -0.2) is 99.4 Å². The Kier molecular flexibility index (Phi) is 10.3. The van der Waals surface area contributed by atoms with Crippen LogP contribution in [0, 0.1) is 0 Å². The molecule has 1 amide bonds. The third-order valence-electron chi connectivity index (χ3n) is 8.73. The van der Waals surface area contributed by atoms with Crippen LogP contribution in [0.1, 0.15) is 38.4 Å². The zero-order valence-corrected chi connectivity index (χ0v) is 29.3. The van der Waals surface area contributed by atoms with Crippen molar-refractivity contribution < 1.29 is 29.2 Å². The van der Waals surface area contributed by atoms with Crippen molar-refractivity contribution in [2.24, 2.45) is 7.05 Å². The van der Waals surface area contributed by atoms with Crippen molar-refractivity contribution in [2.45, 2.75) is 58.4 Å². The molecule has 1 aliphatic heterocycles. The highest BCUT2D eigenvalue weighted by Gasteiger charge is 2.47. The van der Waals surface area contributed by atoms with E-state index in [0.717, 1.165) is 5.56 Å². The predicted octanol–water partition coefficient (Wildman–Crippen LogP) is 0.0836. The van der Waals surface area contributed by atoms with Gasteiger partial charge in [-0.15, -0.1) is 0 Å². The van der Waals surface area contributed by atoms with E-state index in [0.29, 0.717) is 41.6 Å². The lowest BCUT2D eigenvalue weighted by molar-refractivity contribution is -0.137. The fraction of sp³-hybridized carbons (Fsp3) is 0.424. The van der Waals surface area contributed by atoms with Crippen LogP contribution in [0.25, 0.3) is 34.5 Å². The van der Waals surface area contributed by atoms with Gasteiger partial charge in [0.1, 0.15) is 30.2 Å². The lowest BCUT2D eigenvalue weighted by atomic mass is 10.1. The molecule has 4 atom stereocenters. The number of nitrogens with zero attached hydrogens (tertiary/aromatic N) is 8. The highest BCUT2D eigenvalue weighted by atomic mass is 16.6. The zero-order valence-electron chi connectivity index (χ0n) is 29.3. The Hall–Kier alpha value is -5.79. The summed E-state index contributed by atoms with van der Waals surface area (Å²) in [6.45, 7) is 6.74. The van der Waals surface area contributed by atoms with Crippen molar-refractivity contribution >= 4 is 52.2 Å². The molecule has 19 heteroatoms. The number of carbonyl (C=O) groups excluding carboxylic acids is 1. The van der Waals surface area contributed by atoms with E-state index >= 15 is 0 Å². The number of ether oxygens (including phenoxy) is 3. The predicted molar refractivity (Wildman–Crippen MR) is 191 cm³/mol. The number of rotatable bonds is 13. The SMILES string of the molecule is CCNC(=O)C1O[C@@H](n2cnc3c(N)nc(NCCOc4ccc(/C=C/c5nc6c(c(=O)n(CC)c(=O)n6CC)n5C)cc4OC)nc32)C(O)[C@@H]1O. The van der Waals surface area contributed by atoms with Crippen LogP contribution in [0.5, 0.6) is 11.5 Å². The van der Waals surface area contributed by atoms with Crippen molar-refractivity contribution in [2.75, 3.05) is 37.9 Å². The number of amides is 1. The summed E-state index contributed by atoms with van der Waals surface area (Å²) in [5.41, 5.74) is 7.33. The lowest BCUT2D eigenvalue weighted by Gasteiger charge is -2.17. The Morgan fingerprint density at radius 1 is 1.04 bits per heavy atom. The summed E-state index contributed by atoms with van der Waals surface area (Å²) in [4.78, 5) is 55.7. The van der Waals surface area contributed by atoms with Crippen LogP contribution in [0.4, 0.5) is 11.8 Å². The molecule has 6 N–H and O–H groups in total. The largest absolute Gasteiger partial charge is 0.493 e. The van der Waals surface area contributed by atoms with E-state index in [1.54, 1.807) is 43.7 Å². The number of likely N-dealkylation sites (N-methyl/N-ethyl adjacent to an activating group) is 1. The first-order valence-corrected chi connectivity index (χ1v) is 16.7. The maximum absolute atomic E-state index is 13.0. The van der Waals surface area contributed by atoms with Crippen molar-refractivity contribution in [1.82, 2.24) is 43.5 Å². The molecular formula is C33H41N11O8. The summed E-state index contributed by atoms with van der Waals surface area (Å²) in [5, 5.41) is 26.8. The Balaban J connectivity index is 1.13. The summed E-state index contributed by atoms with van der Waals surface area (Å²) in [7, 11) is 3.27. The number of anilines is 2. The van der Waals surface area contributed by atoms with Gasteiger partial charge in [-0.3, -0.25) is 23.3 Å². The smallest absolute Gasteiger partial charge is 0.332 e. The van der Waals surface area contributed by atoms with E-state index in [1.165, 1.54) is 27.1 Å². The molecule has 2 unspecified atom stereocenters. The van der Waals surface area contributed by atoms with E-state index in [4.69, 9.17) is 19.9 Å². The molecule has 52 heavy (non-hydrogen) atoms. The van der Waals surface area contributed by atoms with Crippen LogP contribution in [-0.2, 0) is 29.7 Å². The monoisotopic (exact) mass is 719 g/mol. The van der Waals surface area contributed by atoms with Gasteiger partial charge in [0.25, 0.3) is 11.5 Å². The molecule has 1 saturated heterocycles. The van der Waals surface area contributed by atoms with Crippen molar-refractivity contribution in [3.8, 4) is 11.5 Å². The van der Waals surface area contributed by atoms with E-state index < -0.39 is 30.4 Å². The highest BCUT2D eigenvalue weighted by Crippen LogP contribution is 2.33. The number of carbonyl (C=O) groups is 1. The lowest BCUT2D eigenvalue weighted by Crippen LogP contribution is -2.42. The van der Waals surface area contributed by atoms with Gasteiger partial charge < -0.3 is 45.4 Å². The average molecular weight is 720 g/mol. The third kappa shape index (κ3) is 6.44. The molecule has 0 aliphatic carbocycles. The minimum absolute atomic E-state index is 0.0715. The summed E-state index contributed by atoms with van der Waals surface area (Å²) in [5.74, 6) is 1.15. The number of aromatic nitrogens is 8. The van der Waals surface area contributed by atoms with Gasteiger partial charge in [-0.25, -0.2) is 14.8 Å². The van der Waals surface area contributed by atoms with Crippen LogP contribution >= 0.6 is 0 Å². The second kappa shape index (κ2) is 14.8. The molecule has 1 aliphatic rings. The molecule has 4 aromatic heterocycles. The number of hydrogen-bond donors (Lipinski definition) is 5. The van der Waals surface area contributed by atoms with Gasteiger partial charge >= 0.3 is 5.69 Å². The number of fused-ring (bicyclic) bond motifs is 2. The van der Waals surface area contributed by atoms with Crippen molar-refractivity contribution in [3.63, 3.8) is 0 Å². The van der Waals surface area contributed by atoms with Crippen molar-refractivity contribution in [3.05, 3.63) is 56.8 Å². The Labute approximate surface area is 296 Å². The maximum atomic E-state index is 13.0. The molecule has 0 radical (unpaired) electrons. The van der Waals surface area contributed by atoms with Gasteiger partial charge in [0.15, 0.2) is 46.5 Å².